The highest BCUT2D eigenvalue weighted by atomic mass is 79.9. The molecule has 1 saturated carbocycles. The van der Waals surface area contributed by atoms with Gasteiger partial charge in [0.05, 0.1) is 0 Å². The number of hydrogen-bond donors (Lipinski definition) is 1. The fourth-order valence-corrected chi connectivity index (χ4v) is 2.85. The number of para-hydroxylation sites is 1. The lowest BCUT2D eigenvalue weighted by molar-refractivity contribution is -0.120. The van der Waals surface area contributed by atoms with Gasteiger partial charge in [0, 0.05) is 16.9 Å². The molecule has 1 aromatic carbocycles. The number of alkyl halides is 1. The Labute approximate surface area is 111 Å². The monoisotopic (exact) mass is 295 g/mol. The van der Waals surface area contributed by atoms with E-state index in [1.807, 2.05) is 24.3 Å². The molecule has 3 heteroatoms. The Morgan fingerprint density at radius 1 is 1.24 bits per heavy atom. The van der Waals surface area contributed by atoms with E-state index in [4.69, 9.17) is 0 Å². The van der Waals surface area contributed by atoms with E-state index in [2.05, 4.69) is 21.2 Å². The summed E-state index contributed by atoms with van der Waals surface area (Å²) in [4.78, 5) is 12.1. The summed E-state index contributed by atoms with van der Waals surface area (Å²) < 4.78 is 0. The van der Waals surface area contributed by atoms with Crippen LogP contribution in [0.1, 0.15) is 37.7 Å². The molecule has 0 aromatic heterocycles. The summed E-state index contributed by atoms with van der Waals surface area (Å²) >= 11 is 3.44. The molecular formula is C14H18BrNO. The van der Waals surface area contributed by atoms with Crippen molar-refractivity contribution in [2.75, 3.05) is 5.32 Å². The molecule has 1 amide bonds. The Morgan fingerprint density at radius 2 is 1.94 bits per heavy atom. The summed E-state index contributed by atoms with van der Waals surface area (Å²) in [5, 5.41) is 3.83. The van der Waals surface area contributed by atoms with Crippen molar-refractivity contribution in [2.24, 2.45) is 5.92 Å². The Morgan fingerprint density at radius 3 is 2.65 bits per heavy atom. The second-order valence-corrected chi connectivity index (χ2v) is 5.18. The van der Waals surface area contributed by atoms with Gasteiger partial charge in [-0.1, -0.05) is 53.4 Å². The van der Waals surface area contributed by atoms with E-state index < -0.39 is 0 Å². The molecule has 1 aliphatic carbocycles. The lowest BCUT2D eigenvalue weighted by atomic mass is 9.88. The van der Waals surface area contributed by atoms with E-state index in [-0.39, 0.29) is 11.8 Å². The highest BCUT2D eigenvalue weighted by Crippen LogP contribution is 2.26. The number of carbonyl (C=O) groups is 1. The lowest BCUT2D eigenvalue weighted by Gasteiger charge is -2.21. The molecule has 1 N–H and O–H groups in total. The fourth-order valence-electron chi connectivity index (χ4n) is 2.36. The van der Waals surface area contributed by atoms with Crippen LogP contribution >= 0.6 is 15.9 Å². The smallest absolute Gasteiger partial charge is 0.227 e. The maximum atomic E-state index is 12.1. The standard InChI is InChI=1S/C14H18BrNO/c15-10-12-8-4-5-9-13(12)16-14(17)11-6-2-1-3-7-11/h4-5,8-9,11H,1-3,6-7,10H2,(H,16,17). The highest BCUT2D eigenvalue weighted by molar-refractivity contribution is 9.08. The molecule has 0 aliphatic heterocycles. The average molecular weight is 296 g/mol. The highest BCUT2D eigenvalue weighted by Gasteiger charge is 2.21. The molecule has 0 radical (unpaired) electrons. The minimum absolute atomic E-state index is 0.193. The van der Waals surface area contributed by atoms with Gasteiger partial charge in [0.1, 0.15) is 0 Å². The van der Waals surface area contributed by atoms with E-state index in [9.17, 15) is 4.79 Å². The summed E-state index contributed by atoms with van der Waals surface area (Å²) in [5.74, 6) is 0.408. The van der Waals surface area contributed by atoms with Gasteiger partial charge in [-0.25, -0.2) is 0 Å². The van der Waals surface area contributed by atoms with Crippen LogP contribution in [0.25, 0.3) is 0 Å². The fraction of sp³-hybridized carbons (Fsp3) is 0.500. The predicted molar refractivity (Wildman–Crippen MR) is 74.3 cm³/mol. The first-order valence-corrected chi connectivity index (χ1v) is 7.38. The molecule has 0 unspecified atom stereocenters. The molecule has 92 valence electrons. The number of nitrogens with one attached hydrogen (secondary N) is 1. The van der Waals surface area contributed by atoms with Gasteiger partial charge >= 0.3 is 0 Å². The van der Waals surface area contributed by atoms with Crippen molar-refractivity contribution in [1.29, 1.82) is 0 Å². The van der Waals surface area contributed by atoms with Crippen molar-refractivity contribution in [3.8, 4) is 0 Å². The quantitative estimate of drug-likeness (QED) is 0.836. The summed E-state index contributed by atoms with van der Waals surface area (Å²) in [6, 6.07) is 7.96. The Kier molecular flexibility index (Phi) is 4.60. The van der Waals surface area contributed by atoms with Crippen molar-refractivity contribution < 1.29 is 4.79 Å². The van der Waals surface area contributed by atoms with Gasteiger partial charge in [-0.05, 0) is 24.5 Å². The molecule has 0 spiro atoms. The average Bonchev–Trinajstić information content (AvgIpc) is 2.40. The van der Waals surface area contributed by atoms with Gasteiger partial charge in [-0.15, -0.1) is 0 Å². The second kappa shape index (κ2) is 6.20. The van der Waals surface area contributed by atoms with Crippen LogP contribution in [-0.4, -0.2) is 5.91 Å². The maximum absolute atomic E-state index is 12.1. The molecule has 0 saturated heterocycles. The predicted octanol–water partition coefficient (Wildman–Crippen LogP) is 4.10. The number of benzene rings is 1. The zero-order valence-corrected chi connectivity index (χ0v) is 11.5. The number of hydrogen-bond acceptors (Lipinski definition) is 1. The maximum Gasteiger partial charge on any atom is 0.227 e. The Hall–Kier alpha value is -0.830. The lowest BCUT2D eigenvalue weighted by Crippen LogP contribution is -2.25. The van der Waals surface area contributed by atoms with Crippen LogP contribution in [0.3, 0.4) is 0 Å². The third-order valence-electron chi connectivity index (χ3n) is 3.40. The summed E-state index contributed by atoms with van der Waals surface area (Å²) in [6.07, 6.45) is 5.75. The number of anilines is 1. The minimum Gasteiger partial charge on any atom is -0.326 e. The second-order valence-electron chi connectivity index (χ2n) is 4.61. The van der Waals surface area contributed by atoms with Gasteiger partial charge in [-0.2, -0.15) is 0 Å². The third kappa shape index (κ3) is 3.32. The van der Waals surface area contributed by atoms with Crippen LogP contribution in [0.4, 0.5) is 5.69 Å². The first kappa shape index (κ1) is 12.6. The topological polar surface area (TPSA) is 29.1 Å². The number of carbonyl (C=O) groups excluding carboxylic acids is 1. The molecule has 0 heterocycles. The first-order valence-electron chi connectivity index (χ1n) is 6.26. The largest absolute Gasteiger partial charge is 0.326 e. The molecule has 2 rings (SSSR count). The van der Waals surface area contributed by atoms with E-state index >= 15 is 0 Å². The molecule has 17 heavy (non-hydrogen) atoms. The van der Waals surface area contributed by atoms with Gasteiger partial charge in [0.2, 0.25) is 5.91 Å². The van der Waals surface area contributed by atoms with Crippen LogP contribution in [0.2, 0.25) is 0 Å². The third-order valence-corrected chi connectivity index (χ3v) is 4.00. The zero-order valence-electron chi connectivity index (χ0n) is 9.92. The van der Waals surface area contributed by atoms with Gasteiger partial charge in [-0.3, -0.25) is 4.79 Å². The van der Waals surface area contributed by atoms with Gasteiger partial charge in [0.15, 0.2) is 0 Å². The summed E-state index contributed by atoms with van der Waals surface area (Å²) in [7, 11) is 0. The SMILES string of the molecule is O=C(Nc1ccccc1CBr)C1CCCCC1. The van der Waals surface area contributed by atoms with Crippen molar-refractivity contribution in [3.05, 3.63) is 29.8 Å². The van der Waals surface area contributed by atoms with Crippen molar-refractivity contribution in [2.45, 2.75) is 37.4 Å². The van der Waals surface area contributed by atoms with Crippen LogP contribution in [-0.2, 0) is 10.1 Å². The first-order chi connectivity index (χ1) is 8.31. The number of halogens is 1. The molecule has 1 fully saturated rings. The van der Waals surface area contributed by atoms with E-state index in [0.29, 0.717) is 0 Å². The minimum atomic E-state index is 0.193. The van der Waals surface area contributed by atoms with E-state index in [1.165, 1.54) is 19.3 Å². The van der Waals surface area contributed by atoms with Crippen molar-refractivity contribution in [1.82, 2.24) is 0 Å². The Bertz CT molecular complexity index is 386. The molecule has 0 atom stereocenters. The molecular weight excluding hydrogens is 278 g/mol. The Balaban J connectivity index is 2.01. The van der Waals surface area contributed by atoms with Crippen LogP contribution in [0.15, 0.2) is 24.3 Å². The van der Waals surface area contributed by atoms with E-state index in [1.54, 1.807) is 0 Å². The molecule has 0 bridgehead atoms. The number of amides is 1. The molecule has 2 nitrogen and oxygen atoms in total. The molecule has 1 aromatic rings. The van der Waals surface area contributed by atoms with E-state index in [0.717, 1.165) is 29.4 Å². The summed E-state index contributed by atoms with van der Waals surface area (Å²) in [6.45, 7) is 0. The normalized spacial score (nSPS) is 16.8. The summed E-state index contributed by atoms with van der Waals surface area (Å²) in [5.41, 5.74) is 2.08. The van der Waals surface area contributed by atoms with Gasteiger partial charge in [0.25, 0.3) is 0 Å². The van der Waals surface area contributed by atoms with Crippen molar-refractivity contribution >= 4 is 27.5 Å². The van der Waals surface area contributed by atoms with Crippen LogP contribution in [0, 0.1) is 5.92 Å². The van der Waals surface area contributed by atoms with Crippen LogP contribution < -0.4 is 5.32 Å². The number of rotatable bonds is 3. The zero-order chi connectivity index (χ0) is 12.1. The molecule has 1 aliphatic rings. The van der Waals surface area contributed by atoms with Gasteiger partial charge < -0.3 is 5.32 Å². The van der Waals surface area contributed by atoms with Crippen molar-refractivity contribution in [3.63, 3.8) is 0 Å². The van der Waals surface area contributed by atoms with Crippen LogP contribution in [0.5, 0.6) is 0 Å².